The van der Waals surface area contributed by atoms with E-state index in [0.717, 1.165) is 21.9 Å². The number of nitrogens with two attached hydrogens (primary N) is 1. The molecule has 0 bridgehead atoms. The van der Waals surface area contributed by atoms with E-state index in [2.05, 4.69) is 11.1 Å². The van der Waals surface area contributed by atoms with Gasteiger partial charge in [-0.05, 0) is 60.7 Å². The van der Waals surface area contributed by atoms with Gasteiger partial charge in [0.2, 0.25) is 5.78 Å². The molecule has 0 amide bonds. The molecule has 3 N–H and O–H groups in total. The van der Waals surface area contributed by atoms with Crippen molar-refractivity contribution in [2.45, 2.75) is 0 Å². The van der Waals surface area contributed by atoms with Crippen molar-refractivity contribution >= 4 is 50.5 Å². The van der Waals surface area contributed by atoms with Crippen molar-refractivity contribution in [1.29, 1.82) is 5.26 Å². The zero-order valence-electron chi connectivity index (χ0n) is 18.3. The number of carbonyl (C=O) groups excluding carboxylic acids is 1. The lowest BCUT2D eigenvalue weighted by Gasteiger charge is -2.24. The number of anilines is 4. The molecule has 0 aliphatic heterocycles. The molecule has 5 rings (SSSR count). The first kappa shape index (κ1) is 22.3. The molecule has 170 valence electrons. The van der Waals surface area contributed by atoms with Crippen LogP contribution in [0.2, 0.25) is 0 Å². The fraction of sp³-hybridized carbons (Fsp3) is 0. The van der Waals surface area contributed by atoms with Crippen molar-refractivity contribution in [3.8, 4) is 22.4 Å². The van der Waals surface area contributed by atoms with Crippen LogP contribution in [0.4, 0.5) is 22.1 Å². The minimum atomic E-state index is -0.235. The van der Waals surface area contributed by atoms with Crippen molar-refractivity contribution in [3.63, 3.8) is 0 Å². The van der Waals surface area contributed by atoms with Gasteiger partial charge >= 0.3 is 0 Å². The number of phenols is 1. The van der Waals surface area contributed by atoms with E-state index < -0.39 is 0 Å². The molecule has 35 heavy (non-hydrogen) atoms. The molecule has 3 aromatic heterocycles. The number of phenolic OH excluding ortho intramolecular Hbond substituents is 1. The fourth-order valence-corrected chi connectivity index (χ4v) is 5.81. The summed E-state index contributed by atoms with van der Waals surface area (Å²) < 4.78 is 0. The number of pyridine rings is 1. The summed E-state index contributed by atoms with van der Waals surface area (Å²) in [6.07, 6.45) is 1.71. The van der Waals surface area contributed by atoms with Gasteiger partial charge in [-0.25, -0.2) is 0 Å². The second kappa shape index (κ2) is 9.43. The van der Waals surface area contributed by atoms with Gasteiger partial charge in [-0.3, -0.25) is 9.78 Å². The number of hydrogen-bond acceptors (Lipinski definition) is 8. The van der Waals surface area contributed by atoms with Gasteiger partial charge in [0.15, 0.2) is 0 Å². The molecule has 0 spiro atoms. The third-order valence-corrected chi connectivity index (χ3v) is 7.61. The summed E-state index contributed by atoms with van der Waals surface area (Å²) in [6.45, 7) is 0. The first-order valence-electron chi connectivity index (χ1n) is 10.6. The molecule has 3 heterocycles. The molecule has 6 nitrogen and oxygen atoms in total. The maximum absolute atomic E-state index is 13.5. The molecule has 0 saturated carbocycles. The maximum atomic E-state index is 13.5. The second-order valence-electron chi connectivity index (χ2n) is 7.53. The van der Waals surface area contributed by atoms with Gasteiger partial charge in [0, 0.05) is 17.6 Å². The van der Waals surface area contributed by atoms with Crippen molar-refractivity contribution in [2.24, 2.45) is 0 Å². The summed E-state index contributed by atoms with van der Waals surface area (Å²) in [6, 6.07) is 27.6. The Hall–Kier alpha value is -4.45. The Kier molecular flexibility index (Phi) is 6.02. The zero-order chi connectivity index (χ0) is 24.4. The Balaban J connectivity index is 1.60. The van der Waals surface area contributed by atoms with Crippen LogP contribution in [-0.4, -0.2) is 15.9 Å². The fourth-order valence-electron chi connectivity index (χ4n) is 3.65. The first-order chi connectivity index (χ1) is 17.1. The highest BCUT2D eigenvalue weighted by molar-refractivity contribution is 7.21. The summed E-state index contributed by atoms with van der Waals surface area (Å²) in [4.78, 5) is 21.4. The Bertz CT molecular complexity index is 1540. The summed E-state index contributed by atoms with van der Waals surface area (Å²) >= 11 is 2.52. The number of nitrogens with zero attached hydrogens (tertiary/aromatic N) is 3. The van der Waals surface area contributed by atoms with Crippen molar-refractivity contribution in [1.82, 2.24) is 4.98 Å². The summed E-state index contributed by atoms with van der Waals surface area (Å²) in [5.41, 5.74) is 9.08. The average Bonchev–Trinajstić information content (AvgIpc) is 3.51. The third-order valence-electron chi connectivity index (χ3n) is 5.32. The van der Waals surface area contributed by atoms with E-state index in [4.69, 9.17) is 5.73 Å². The minimum absolute atomic E-state index is 0.130. The Morgan fingerprint density at radius 3 is 2.31 bits per heavy atom. The number of aromatic nitrogens is 1. The van der Waals surface area contributed by atoms with Gasteiger partial charge in [0.25, 0.3) is 0 Å². The topological polar surface area (TPSA) is 103 Å². The highest BCUT2D eigenvalue weighted by Crippen LogP contribution is 2.46. The zero-order valence-corrected chi connectivity index (χ0v) is 19.9. The Morgan fingerprint density at radius 2 is 1.63 bits per heavy atom. The van der Waals surface area contributed by atoms with Crippen LogP contribution in [0.3, 0.4) is 0 Å². The second-order valence-corrected chi connectivity index (χ2v) is 9.62. The van der Waals surface area contributed by atoms with E-state index in [9.17, 15) is 15.2 Å². The van der Waals surface area contributed by atoms with Crippen LogP contribution in [0.15, 0.2) is 91.1 Å². The van der Waals surface area contributed by atoms with Crippen LogP contribution in [-0.2, 0) is 0 Å². The molecule has 2 aromatic carbocycles. The number of nitriles is 1. The van der Waals surface area contributed by atoms with Gasteiger partial charge in [-0.2, -0.15) is 5.26 Å². The van der Waals surface area contributed by atoms with E-state index in [-0.39, 0.29) is 22.8 Å². The summed E-state index contributed by atoms with van der Waals surface area (Å²) in [7, 11) is 0. The molecular weight excluding hydrogens is 476 g/mol. The van der Waals surface area contributed by atoms with Gasteiger partial charge in [0.1, 0.15) is 27.3 Å². The third kappa shape index (κ3) is 4.26. The summed E-state index contributed by atoms with van der Waals surface area (Å²) in [5.74, 6) is -0.105. The smallest absolute Gasteiger partial charge is 0.215 e. The number of para-hydroxylation sites is 1. The lowest BCUT2D eigenvalue weighted by Crippen LogP contribution is -2.09. The number of carbonyl (C=O) groups is 1. The monoisotopic (exact) mass is 494 g/mol. The standard InChI is InChI=1S/C27H18N4O2S2/c28-16-20-24(29)26(25(33)23-14-13-22(34-23)21-8-4-5-15-30-21)35-27(20)31(17-6-2-1-3-7-17)18-9-11-19(32)12-10-18/h1-15,32H,29H2. The van der Waals surface area contributed by atoms with Crippen LogP contribution in [0.1, 0.15) is 20.1 Å². The van der Waals surface area contributed by atoms with Gasteiger partial charge < -0.3 is 15.7 Å². The quantitative estimate of drug-likeness (QED) is 0.254. The molecule has 0 aliphatic rings. The normalized spacial score (nSPS) is 10.6. The predicted molar refractivity (Wildman–Crippen MR) is 141 cm³/mol. The SMILES string of the molecule is N#Cc1c(N(c2ccccc2)c2ccc(O)cc2)sc(C(=O)c2ccc(-c3ccccn3)s2)c1N. The minimum Gasteiger partial charge on any atom is -0.508 e. The molecule has 0 atom stereocenters. The van der Waals surface area contributed by atoms with Gasteiger partial charge in [-0.15, -0.1) is 22.7 Å². The van der Waals surface area contributed by atoms with Crippen LogP contribution in [0, 0.1) is 11.3 Å². The summed E-state index contributed by atoms with van der Waals surface area (Å²) in [5, 5.41) is 20.3. The number of nitrogen functional groups attached to an aromatic ring is 1. The molecule has 0 radical (unpaired) electrons. The molecule has 8 heteroatoms. The van der Waals surface area contributed by atoms with E-state index in [1.54, 1.807) is 36.5 Å². The molecule has 0 saturated heterocycles. The Morgan fingerprint density at radius 1 is 0.914 bits per heavy atom. The van der Waals surface area contributed by atoms with Gasteiger partial charge in [0.05, 0.1) is 21.1 Å². The van der Waals surface area contributed by atoms with Crippen LogP contribution < -0.4 is 10.6 Å². The van der Waals surface area contributed by atoms with E-state index in [1.807, 2.05) is 59.5 Å². The lowest BCUT2D eigenvalue weighted by molar-refractivity contribution is 0.104. The first-order valence-corrected chi connectivity index (χ1v) is 12.2. The number of aromatic hydroxyl groups is 1. The Labute approximate surface area is 209 Å². The van der Waals surface area contributed by atoms with Crippen molar-refractivity contribution in [3.05, 3.63) is 106 Å². The highest BCUT2D eigenvalue weighted by Gasteiger charge is 2.27. The van der Waals surface area contributed by atoms with Crippen LogP contribution >= 0.6 is 22.7 Å². The molecule has 0 aliphatic carbocycles. The van der Waals surface area contributed by atoms with Crippen molar-refractivity contribution in [2.75, 3.05) is 10.6 Å². The molecular formula is C27H18N4O2S2. The maximum Gasteiger partial charge on any atom is 0.215 e. The largest absolute Gasteiger partial charge is 0.508 e. The average molecular weight is 495 g/mol. The van der Waals surface area contributed by atoms with E-state index >= 15 is 0 Å². The predicted octanol–water partition coefficient (Wildman–Crippen LogP) is 6.73. The van der Waals surface area contributed by atoms with E-state index in [0.29, 0.717) is 14.8 Å². The number of benzene rings is 2. The van der Waals surface area contributed by atoms with Gasteiger partial charge in [-0.1, -0.05) is 24.3 Å². The number of hydrogen-bond donors (Lipinski definition) is 2. The number of rotatable bonds is 6. The molecule has 0 unspecified atom stereocenters. The molecule has 0 fully saturated rings. The number of thiophene rings is 2. The lowest BCUT2D eigenvalue weighted by atomic mass is 10.1. The van der Waals surface area contributed by atoms with Crippen LogP contribution in [0.5, 0.6) is 5.75 Å². The molecule has 5 aromatic rings. The van der Waals surface area contributed by atoms with Crippen molar-refractivity contribution < 1.29 is 9.90 Å². The van der Waals surface area contributed by atoms with Crippen LogP contribution in [0.25, 0.3) is 10.6 Å². The highest BCUT2D eigenvalue weighted by atomic mass is 32.1. The number of ketones is 1. The van der Waals surface area contributed by atoms with E-state index in [1.165, 1.54) is 22.7 Å².